The van der Waals surface area contributed by atoms with Gasteiger partial charge in [-0.2, -0.15) is 5.10 Å². The van der Waals surface area contributed by atoms with E-state index in [1.54, 1.807) is 41.9 Å². The fourth-order valence-corrected chi connectivity index (χ4v) is 4.16. The van der Waals surface area contributed by atoms with Gasteiger partial charge in [-0.15, -0.1) is 11.3 Å². The van der Waals surface area contributed by atoms with E-state index in [2.05, 4.69) is 21.2 Å². The number of carboxylic acid groups (broad SMARTS) is 1. The summed E-state index contributed by atoms with van der Waals surface area (Å²) in [4.78, 5) is 18.2. The van der Waals surface area contributed by atoms with Gasteiger partial charge in [0, 0.05) is 28.2 Å². The van der Waals surface area contributed by atoms with E-state index in [0.717, 1.165) is 27.4 Å². The maximum atomic E-state index is 11.9. The summed E-state index contributed by atoms with van der Waals surface area (Å²) in [5, 5.41) is 20.0. The van der Waals surface area contributed by atoms with Gasteiger partial charge in [-0.25, -0.2) is 9.78 Å². The van der Waals surface area contributed by atoms with E-state index in [9.17, 15) is 9.90 Å². The first-order valence-corrected chi connectivity index (χ1v) is 10.0. The molecule has 0 unspecified atom stereocenters. The van der Waals surface area contributed by atoms with Crippen LogP contribution in [0.1, 0.15) is 21.5 Å². The van der Waals surface area contributed by atoms with Gasteiger partial charge in [0.15, 0.2) is 0 Å². The van der Waals surface area contributed by atoms with Crippen LogP contribution in [-0.4, -0.2) is 26.3 Å². The van der Waals surface area contributed by atoms with Crippen molar-refractivity contribution in [2.45, 2.75) is 13.8 Å². The highest BCUT2D eigenvalue weighted by Crippen LogP contribution is 2.40. The Morgan fingerprint density at radius 1 is 1.10 bits per heavy atom. The lowest BCUT2D eigenvalue weighted by atomic mass is 10.0. The van der Waals surface area contributed by atoms with Crippen LogP contribution in [-0.2, 0) is 0 Å². The molecule has 0 saturated carbocycles. The summed E-state index contributed by atoms with van der Waals surface area (Å²) in [6, 6.07) is 10.7. The minimum absolute atomic E-state index is 0.105. The Hall–Kier alpha value is -3.16. The van der Waals surface area contributed by atoms with Gasteiger partial charge in [-0.3, -0.25) is 10.00 Å². The lowest BCUT2D eigenvalue weighted by Gasteiger charge is -2.27. The molecule has 0 aliphatic carbocycles. The third-order valence-corrected chi connectivity index (χ3v) is 5.64. The van der Waals surface area contributed by atoms with Crippen LogP contribution < -0.4 is 4.90 Å². The molecule has 0 radical (unpaired) electrons. The van der Waals surface area contributed by atoms with Crippen LogP contribution in [0.15, 0.2) is 54.2 Å². The van der Waals surface area contributed by atoms with Crippen molar-refractivity contribution < 1.29 is 9.90 Å². The summed E-state index contributed by atoms with van der Waals surface area (Å²) >= 11 is 7.65. The number of hydrogen-bond acceptors (Lipinski definition) is 5. The van der Waals surface area contributed by atoms with E-state index >= 15 is 0 Å². The Labute approximate surface area is 176 Å². The molecular formula is C21H17ClN4O2S. The number of carboxylic acids is 1. The van der Waals surface area contributed by atoms with Crippen LogP contribution in [0.3, 0.4) is 0 Å². The van der Waals surface area contributed by atoms with Gasteiger partial charge in [0.2, 0.25) is 0 Å². The zero-order valence-corrected chi connectivity index (χ0v) is 17.3. The van der Waals surface area contributed by atoms with Crippen molar-refractivity contribution in [3.05, 3.63) is 75.9 Å². The lowest BCUT2D eigenvalue weighted by molar-refractivity contribution is 0.0698. The number of benzene rings is 2. The van der Waals surface area contributed by atoms with Gasteiger partial charge in [-0.1, -0.05) is 11.6 Å². The number of thiazole rings is 1. The summed E-state index contributed by atoms with van der Waals surface area (Å²) in [6.07, 6.45) is 3.41. The third-order valence-electron chi connectivity index (χ3n) is 4.60. The van der Waals surface area contributed by atoms with Crippen molar-refractivity contribution in [3.8, 4) is 10.6 Å². The highest BCUT2D eigenvalue weighted by molar-refractivity contribution is 7.13. The van der Waals surface area contributed by atoms with Crippen molar-refractivity contribution in [2.24, 2.45) is 0 Å². The maximum absolute atomic E-state index is 11.9. The zero-order valence-electron chi connectivity index (χ0n) is 15.7. The molecule has 8 heteroatoms. The number of H-pyrrole nitrogens is 1. The van der Waals surface area contributed by atoms with Crippen molar-refractivity contribution in [1.29, 1.82) is 0 Å². The summed E-state index contributed by atoms with van der Waals surface area (Å²) in [6.45, 7) is 4.01. The van der Waals surface area contributed by atoms with Crippen LogP contribution in [0.5, 0.6) is 0 Å². The highest BCUT2D eigenvalue weighted by Gasteiger charge is 2.23. The number of nitrogens with one attached hydrogen (secondary N) is 1. The van der Waals surface area contributed by atoms with E-state index in [1.807, 2.05) is 30.2 Å². The average Bonchev–Trinajstić information content (AvgIpc) is 3.39. The van der Waals surface area contributed by atoms with Gasteiger partial charge in [0.25, 0.3) is 0 Å². The molecule has 4 aromatic rings. The summed E-state index contributed by atoms with van der Waals surface area (Å²) in [5.41, 5.74) is 4.51. The number of aromatic nitrogens is 3. The fraction of sp³-hybridized carbons (Fsp3) is 0.0952. The normalized spacial score (nSPS) is 10.9. The molecule has 146 valence electrons. The summed E-state index contributed by atoms with van der Waals surface area (Å²) in [5.74, 6) is -0.403. The molecule has 29 heavy (non-hydrogen) atoms. The number of anilines is 3. The Balaban J connectivity index is 1.94. The first kappa shape index (κ1) is 19.2. The molecule has 0 aliphatic heterocycles. The highest BCUT2D eigenvalue weighted by atomic mass is 35.5. The molecule has 4 rings (SSSR count). The molecule has 2 aromatic heterocycles. The van der Waals surface area contributed by atoms with Crippen LogP contribution in [0.25, 0.3) is 10.6 Å². The molecule has 0 amide bonds. The van der Waals surface area contributed by atoms with E-state index in [-0.39, 0.29) is 5.56 Å². The number of hydrogen-bond donors (Lipinski definition) is 2. The first-order valence-electron chi connectivity index (χ1n) is 8.79. The third kappa shape index (κ3) is 3.62. The predicted octanol–water partition coefficient (Wildman–Crippen LogP) is 5.97. The quantitative estimate of drug-likeness (QED) is 0.412. The largest absolute Gasteiger partial charge is 0.478 e. The van der Waals surface area contributed by atoms with Gasteiger partial charge in [-0.05, 0) is 55.3 Å². The Morgan fingerprint density at radius 3 is 2.59 bits per heavy atom. The van der Waals surface area contributed by atoms with Crippen molar-refractivity contribution in [3.63, 3.8) is 0 Å². The smallest absolute Gasteiger partial charge is 0.337 e. The number of aryl methyl sites for hydroxylation is 2. The molecule has 0 spiro atoms. The van der Waals surface area contributed by atoms with Crippen LogP contribution >= 0.6 is 22.9 Å². The number of aromatic amines is 1. The fourth-order valence-electron chi connectivity index (χ4n) is 3.27. The molecule has 0 aliphatic rings. The van der Waals surface area contributed by atoms with Gasteiger partial charge < -0.3 is 5.11 Å². The number of halogens is 1. The standard InChI is InChI=1S/C21H17ClN4O2S/c1-12-10-18(13(2)9-15(12)20-23-7-8-29-20)26(19-5-6-24-25-19)17-4-3-14(22)11-16(17)21(27)28/h3-11H,1-2H3,(H,24,25)(H,27,28). The summed E-state index contributed by atoms with van der Waals surface area (Å²) < 4.78 is 0. The molecule has 2 heterocycles. The van der Waals surface area contributed by atoms with Crippen LogP contribution in [0.4, 0.5) is 17.2 Å². The average molecular weight is 425 g/mol. The molecule has 0 bridgehead atoms. The molecule has 6 nitrogen and oxygen atoms in total. The van der Waals surface area contributed by atoms with Crippen molar-refractivity contribution in [1.82, 2.24) is 15.2 Å². The minimum Gasteiger partial charge on any atom is -0.478 e. The van der Waals surface area contributed by atoms with Gasteiger partial charge in [0.05, 0.1) is 23.1 Å². The van der Waals surface area contributed by atoms with E-state index in [0.29, 0.717) is 16.5 Å². The first-order chi connectivity index (χ1) is 14.0. The monoisotopic (exact) mass is 424 g/mol. The van der Waals surface area contributed by atoms with Crippen molar-refractivity contribution in [2.75, 3.05) is 4.90 Å². The Morgan fingerprint density at radius 2 is 1.93 bits per heavy atom. The van der Waals surface area contributed by atoms with Gasteiger partial charge >= 0.3 is 5.97 Å². The number of rotatable bonds is 5. The zero-order chi connectivity index (χ0) is 20.5. The second kappa shape index (κ2) is 7.69. The second-order valence-corrected chi connectivity index (χ2v) is 7.87. The van der Waals surface area contributed by atoms with E-state index in [4.69, 9.17) is 11.6 Å². The maximum Gasteiger partial charge on any atom is 0.337 e. The van der Waals surface area contributed by atoms with Gasteiger partial charge in [0.1, 0.15) is 10.8 Å². The molecule has 2 N–H and O–H groups in total. The van der Waals surface area contributed by atoms with Crippen LogP contribution in [0.2, 0.25) is 5.02 Å². The Kier molecular flexibility index (Phi) is 5.08. The molecular weight excluding hydrogens is 408 g/mol. The number of aromatic carboxylic acids is 1. The number of nitrogens with zero attached hydrogens (tertiary/aromatic N) is 3. The molecule has 0 fully saturated rings. The molecule has 0 saturated heterocycles. The summed E-state index contributed by atoms with van der Waals surface area (Å²) in [7, 11) is 0. The van der Waals surface area contributed by atoms with Crippen molar-refractivity contribution >= 4 is 46.1 Å². The SMILES string of the molecule is Cc1cc(N(c2ccn[nH]2)c2ccc(Cl)cc2C(=O)O)c(C)cc1-c1nccs1. The van der Waals surface area contributed by atoms with E-state index in [1.165, 1.54) is 6.07 Å². The second-order valence-electron chi connectivity index (χ2n) is 6.53. The minimum atomic E-state index is -1.05. The molecule has 0 atom stereocenters. The van der Waals surface area contributed by atoms with Crippen LogP contribution in [0, 0.1) is 13.8 Å². The Bertz CT molecular complexity index is 1170. The van der Waals surface area contributed by atoms with E-state index < -0.39 is 5.97 Å². The number of carbonyl (C=O) groups is 1. The molecule has 2 aromatic carbocycles. The lowest BCUT2D eigenvalue weighted by Crippen LogP contribution is -2.16. The predicted molar refractivity (Wildman–Crippen MR) is 116 cm³/mol. The topological polar surface area (TPSA) is 82.1 Å².